The van der Waals surface area contributed by atoms with Gasteiger partial charge in [0.25, 0.3) is 11.8 Å². The SMILES string of the molecule is CSC(C)(C)C(NC(=O)c1ccc(C#CC#CC2CCC(CO)C2)cc1)C(=O)NO. The smallest absolute Gasteiger partial charge is 0.267 e. The van der Waals surface area contributed by atoms with Crippen molar-refractivity contribution in [2.24, 2.45) is 11.8 Å². The standard InChI is InChI=1S/C23H28N2O4S/c1-23(2,30-3)20(22(28)25-29)24-21(27)19-12-10-16(11-13-19)6-4-5-7-17-8-9-18(14-17)15-26/h10-13,17-18,20,26,29H,8-9,14-15H2,1-3H3,(H,24,27)(H,25,28). The lowest BCUT2D eigenvalue weighted by Crippen LogP contribution is -2.55. The second-order valence-electron chi connectivity index (χ2n) is 7.85. The van der Waals surface area contributed by atoms with Crippen LogP contribution in [0.15, 0.2) is 24.3 Å². The molecular weight excluding hydrogens is 400 g/mol. The van der Waals surface area contributed by atoms with Crippen LogP contribution in [0.2, 0.25) is 0 Å². The molecule has 160 valence electrons. The molecule has 0 bridgehead atoms. The van der Waals surface area contributed by atoms with E-state index in [9.17, 15) is 9.59 Å². The molecule has 1 saturated carbocycles. The number of carbonyl (C=O) groups is 2. The van der Waals surface area contributed by atoms with E-state index in [1.165, 1.54) is 11.8 Å². The van der Waals surface area contributed by atoms with Crippen LogP contribution in [0.1, 0.15) is 49.0 Å². The van der Waals surface area contributed by atoms with Crippen LogP contribution in [-0.2, 0) is 4.79 Å². The Morgan fingerprint density at radius 3 is 2.50 bits per heavy atom. The second-order valence-corrected chi connectivity index (χ2v) is 9.31. The number of aliphatic hydroxyl groups is 1. The fourth-order valence-corrected chi connectivity index (χ4v) is 3.67. The van der Waals surface area contributed by atoms with Crippen LogP contribution in [0.25, 0.3) is 0 Å². The highest BCUT2D eigenvalue weighted by atomic mass is 32.2. The number of hydrogen-bond acceptors (Lipinski definition) is 5. The van der Waals surface area contributed by atoms with Crippen molar-refractivity contribution in [3.8, 4) is 23.7 Å². The number of carbonyl (C=O) groups excluding carboxylic acids is 2. The first-order chi connectivity index (χ1) is 14.3. The zero-order valence-corrected chi connectivity index (χ0v) is 18.3. The summed E-state index contributed by atoms with van der Waals surface area (Å²) in [5.74, 6) is 11.4. The second kappa shape index (κ2) is 11.1. The first-order valence-corrected chi connectivity index (χ1v) is 11.1. The Morgan fingerprint density at radius 1 is 1.23 bits per heavy atom. The van der Waals surface area contributed by atoms with Crippen molar-refractivity contribution >= 4 is 23.6 Å². The van der Waals surface area contributed by atoms with Crippen molar-refractivity contribution in [2.45, 2.75) is 43.9 Å². The zero-order valence-electron chi connectivity index (χ0n) is 17.5. The molecule has 1 fully saturated rings. The zero-order chi connectivity index (χ0) is 22.1. The Kier molecular flexibility index (Phi) is 8.80. The number of thioether (sulfide) groups is 1. The van der Waals surface area contributed by atoms with Gasteiger partial charge in [0.1, 0.15) is 6.04 Å². The predicted octanol–water partition coefficient (Wildman–Crippen LogP) is 2.20. The first-order valence-electron chi connectivity index (χ1n) is 9.83. The van der Waals surface area contributed by atoms with Crippen LogP contribution in [-0.4, -0.2) is 45.8 Å². The van der Waals surface area contributed by atoms with Crippen LogP contribution in [0.3, 0.4) is 0 Å². The van der Waals surface area contributed by atoms with Gasteiger partial charge in [-0.25, -0.2) is 5.48 Å². The molecule has 3 unspecified atom stereocenters. The average Bonchev–Trinajstić information content (AvgIpc) is 3.22. The fraction of sp³-hybridized carbons (Fsp3) is 0.478. The average molecular weight is 429 g/mol. The molecule has 1 aromatic carbocycles. The molecule has 0 spiro atoms. The van der Waals surface area contributed by atoms with Gasteiger partial charge in [0.15, 0.2) is 0 Å². The van der Waals surface area contributed by atoms with Crippen molar-refractivity contribution in [3.63, 3.8) is 0 Å². The summed E-state index contributed by atoms with van der Waals surface area (Å²) in [7, 11) is 0. The van der Waals surface area contributed by atoms with Crippen molar-refractivity contribution in [3.05, 3.63) is 35.4 Å². The summed E-state index contributed by atoms with van der Waals surface area (Å²) in [6.07, 6.45) is 4.78. The van der Waals surface area contributed by atoms with Gasteiger partial charge in [0.05, 0.1) is 0 Å². The number of aliphatic hydroxyl groups excluding tert-OH is 1. The highest BCUT2D eigenvalue weighted by molar-refractivity contribution is 8.00. The van der Waals surface area contributed by atoms with Crippen LogP contribution in [0.4, 0.5) is 0 Å². The molecule has 0 aliphatic heterocycles. The molecule has 3 atom stereocenters. The van der Waals surface area contributed by atoms with E-state index in [0.717, 1.165) is 24.8 Å². The Hall–Kier alpha value is -2.45. The Balaban J connectivity index is 2.00. The minimum atomic E-state index is -0.902. The minimum absolute atomic E-state index is 0.226. The largest absolute Gasteiger partial charge is 0.396 e. The third-order valence-electron chi connectivity index (χ3n) is 5.36. The number of benzene rings is 1. The predicted molar refractivity (Wildman–Crippen MR) is 118 cm³/mol. The Morgan fingerprint density at radius 2 is 1.93 bits per heavy atom. The molecule has 6 nitrogen and oxygen atoms in total. The summed E-state index contributed by atoms with van der Waals surface area (Å²) in [4.78, 5) is 24.5. The van der Waals surface area contributed by atoms with Gasteiger partial charge in [-0.3, -0.25) is 14.8 Å². The van der Waals surface area contributed by atoms with Crippen molar-refractivity contribution < 1.29 is 19.9 Å². The molecule has 30 heavy (non-hydrogen) atoms. The van der Waals surface area contributed by atoms with Crippen LogP contribution in [0, 0.1) is 35.5 Å². The molecule has 7 heteroatoms. The van der Waals surface area contributed by atoms with E-state index in [-0.39, 0.29) is 6.61 Å². The highest BCUT2D eigenvalue weighted by Gasteiger charge is 2.36. The number of hydroxylamine groups is 1. The van der Waals surface area contributed by atoms with Gasteiger partial charge < -0.3 is 10.4 Å². The van der Waals surface area contributed by atoms with E-state index >= 15 is 0 Å². The summed E-state index contributed by atoms with van der Waals surface area (Å²) in [6.45, 7) is 3.85. The molecule has 1 aliphatic rings. The molecule has 0 saturated heterocycles. The van der Waals surface area contributed by atoms with Crippen molar-refractivity contribution in [2.75, 3.05) is 12.9 Å². The van der Waals surface area contributed by atoms with Gasteiger partial charge in [-0.1, -0.05) is 11.8 Å². The Labute approximate surface area is 182 Å². The van der Waals surface area contributed by atoms with E-state index in [1.54, 1.807) is 29.7 Å². The lowest BCUT2D eigenvalue weighted by molar-refractivity contribution is -0.131. The van der Waals surface area contributed by atoms with Gasteiger partial charge in [-0.05, 0) is 81.4 Å². The molecule has 2 amide bonds. The molecule has 2 rings (SSSR count). The van der Waals surface area contributed by atoms with Gasteiger partial charge in [0, 0.05) is 28.4 Å². The fourth-order valence-electron chi connectivity index (χ4n) is 3.27. The first kappa shape index (κ1) is 23.8. The molecule has 0 aromatic heterocycles. The summed E-state index contributed by atoms with van der Waals surface area (Å²) in [6, 6.07) is 5.81. The maximum absolute atomic E-state index is 12.5. The number of rotatable bonds is 6. The molecule has 0 heterocycles. The molecule has 4 N–H and O–H groups in total. The summed E-state index contributed by atoms with van der Waals surface area (Å²) in [5, 5.41) is 20.8. The van der Waals surface area contributed by atoms with Crippen LogP contribution in [0.5, 0.6) is 0 Å². The Bertz CT molecular complexity index is 874. The van der Waals surface area contributed by atoms with Gasteiger partial charge in [-0.2, -0.15) is 11.8 Å². The number of nitrogens with one attached hydrogen (secondary N) is 2. The topological polar surface area (TPSA) is 98.7 Å². The van der Waals surface area contributed by atoms with Gasteiger partial charge >= 0.3 is 0 Å². The maximum atomic E-state index is 12.5. The van der Waals surface area contributed by atoms with Crippen molar-refractivity contribution in [1.29, 1.82) is 0 Å². The van der Waals surface area contributed by atoms with E-state index in [0.29, 0.717) is 17.4 Å². The van der Waals surface area contributed by atoms with Gasteiger partial charge in [0.2, 0.25) is 0 Å². The highest BCUT2D eigenvalue weighted by Crippen LogP contribution is 2.29. The number of amides is 2. The van der Waals surface area contributed by atoms with Crippen molar-refractivity contribution in [1.82, 2.24) is 10.8 Å². The molecule has 0 radical (unpaired) electrons. The normalized spacial score (nSPS) is 19.0. The lowest BCUT2D eigenvalue weighted by Gasteiger charge is -2.31. The monoisotopic (exact) mass is 428 g/mol. The van der Waals surface area contributed by atoms with E-state index < -0.39 is 22.6 Å². The number of hydrogen-bond donors (Lipinski definition) is 4. The lowest BCUT2D eigenvalue weighted by atomic mass is 10.0. The summed E-state index contributed by atoms with van der Waals surface area (Å²) >= 11 is 1.41. The minimum Gasteiger partial charge on any atom is -0.396 e. The van der Waals surface area contributed by atoms with E-state index in [1.807, 2.05) is 20.1 Å². The molecule has 1 aliphatic carbocycles. The third kappa shape index (κ3) is 6.53. The molecular formula is C23H28N2O4S. The third-order valence-corrected chi connectivity index (χ3v) is 6.65. The van der Waals surface area contributed by atoms with Crippen LogP contribution >= 0.6 is 11.8 Å². The maximum Gasteiger partial charge on any atom is 0.267 e. The van der Waals surface area contributed by atoms with Gasteiger partial charge in [-0.15, -0.1) is 0 Å². The summed E-state index contributed by atoms with van der Waals surface area (Å²) < 4.78 is -0.608. The van der Waals surface area contributed by atoms with E-state index in [2.05, 4.69) is 29.0 Å². The van der Waals surface area contributed by atoms with Crippen LogP contribution < -0.4 is 10.8 Å². The van der Waals surface area contributed by atoms with E-state index in [4.69, 9.17) is 10.3 Å². The summed E-state index contributed by atoms with van der Waals surface area (Å²) in [5.41, 5.74) is 2.74. The molecule has 1 aromatic rings. The quantitative estimate of drug-likeness (QED) is 0.316.